The summed E-state index contributed by atoms with van der Waals surface area (Å²) in [6.07, 6.45) is 2.73. The largest absolute Gasteiger partial charge is 0.359 e. The summed E-state index contributed by atoms with van der Waals surface area (Å²) in [5, 5.41) is 2.67. The van der Waals surface area contributed by atoms with Crippen LogP contribution >= 0.6 is 12.4 Å². The summed E-state index contributed by atoms with van der Waals surface area (Å²) >= 11 is 0. The van der Waals surface area contributed by atoms with Crippen molar-refractivity contribution >= 4 is 18.3 Å². The van der Waals surface area contributed by atoms with Crippen molar-refractivity contribution in [3.05, 3.63) is 0 Å². The zero-order chi connectivity index (χ0) is 8.48. The summed E-state index contributed by atoms with van der Waals surface area (Å²) in [4.78, 5) is 11.3. The van der Waals surface area contributed by atoms with E-state index in [1.165, 1.54) is 0 Å². The maximum Gasteiger partial charge on any atom is 0.225 e. The van der Waals surface area contributed by atoms with Crippen molar-refractivity contribution in [3.8, 4) is 0 Å². The van der Waals surface area contributed by atoms with Gasteiger partial charge in [-0.25, -0.2) is 0 Å². The van der Waals surface area contributed by atoms with Crippen molar-refractivity contribution in [2.45, 2.75) is 32.2 Å². The number of hydrogen-bond donors (Lipinski definition) is 2. The van der Waals surface area contributed by atoms with E-state index in [-0.39, 0.29) is 29.8 Å². The summed E-state index contributed by atoms with van der Waals surface area (Å²) in [6, 6.07) is 0.220. The van der Waals surface area contributed by atoms with Crippen LogP contribution in [0.2, 0.25) is 0 Å². The van der Waals surface area contributed by atoms with Gasteiger partial charge in [-0.05, 0) is 19.3 Å². The number of rotatable bonds is 1. The third-order valence-electron chi connectivity index (χ3n) is 2.55. The van der Waals surface area contributed by atoms with Gasteiger partial charge >= 0.3 is 0 Å². The lowest BCUT2D eigenvalue weighted by atomic mass is 9.87. The maximum absolute atomic E-state index is 11.3. The minimum atomic E-state index is -0.200. The van der Waals surface area contributed by atoms with Gasteiger partial charge in [0.15, 0.2) is 0 Å². The van der Waals surface area contributed by atoms with Gasteiger partial charge in [-0.2, -0.15) is 0 Å². The van der Waals surface area contributed by atoms with E-state index in [9.17, 15) is 4.79 Å². The smallest absolute Gasteiger partial charge is 0.225 e. The second kappa shape index (κ2) is 4.10. The van der Waals surface area contributed by atoms with E-state index in [4.69, 9.17) is 5.73 Å². The zero-order valence-electron chi connectivity index (χ0n) is 7.59. The Morgan fingerprint density at radius 1 is 1.67 bits per heavy atom. The molecule has 0 aromatic heterocycles. The van der Waals surface area contributed by atoms with Crippen LogP contribution in [0.25, 0.3) is 0 Å². The van der Waals surface area contributed by atoms with Gasteiger partial charge in [-0.15, -0.1) is 12.4 Å². The van der Waals surface area contributed by atoms with Crippen LogP contribution in [-0.2, 0) is 4.79 Å². The monoisotopic (exact) mass is 192 g/mol. The highest BCUT2D eigenvalue weighted by molar-refractivity contribution is 5.85. The molecule has 0 aromatic rings. The third-order valence-corrected chi connectivity index (χ3v) is 2.55. The van der Waals surface area contributed by atoms with Gasteiger partial charge in [0.25, 0.3) is 0 Å². The fraction of sp³-hybridized carbons (Fsp3) is 0.875. The fourth-order valence-corrected chi connectivity index (χ4v) is 1.79. The van der Waals surface area contributed by atoms with Crippen molar-refractivity contribution in [2.24, 2.45) is 11.1 Å². The molecule has 4 heteroatoms. The van der Waals surface area contributed by atoms with Gasteiger partial charge in [-0.1, -0.05) is 6.92 Å². The number of hydrogen-bond acceptors (Lipinski definition) is 2. The molecule has 0 unspecified atom stereocenters. The molecule has 72 valence electrons. The lowest BCUT2D eigenvalue weighted by molar-refractivity contribution is -0.129. The molecule has 1 saturated carbocycles. The van der Waals surface area contributed by atoms with Gasteiger partial charge in [0.2, 0.25) is 5.91 Å². The number of nitrogens with two attached hydrogens (primary N) is 1. The molecule has 0 aromatic carbocycles. The molecule has 3 nitrogen and oxygen atoms in total. The van der Waals surface area contributed by atoms with Gasteiger partial charge in [-0.3, -0.25) is 4.79 Å². The Kier molecular flexibility index (Phi) is 4.00. The molecular formula is C8H17ClN2O. The van der Waals surface area contributed by atoms with Crippen LogP contribution < -0.4 is 11.1 Å². The fourth-order valence-electron chi connectivity index (χ4n) is 1.79. The van der Waals surface area contributed by atoms with E-state index in [1.54, 1.807) is 7.05 Å². The van der Waals surface area contributed by atoms with E-state index in [0.717, 1.165) is 19.3 Å². The Morgan fingerprint density at radius 3 is 2.58 bits per heavy atom. The van der Waals surface area contributed by atoms with Crippen LogP contribution in [0.1, 0.15) is 26.2 Å². The molecule has 1 fully saturated rings. The molecule has 2 atom stereocenters. The molecule has 3 N–H and O–H groups in total. The Balaban J connectivity index is 0.00000121. The molecule has 0 heterocycles. The van der Waals surface area contributed by atoms with Crippen LogP contribution in [-0.4, -0.2) is 19.0 Å². The highest BCUT2D eigenvalue weighted by atomic mass is 35.5. The van der Waals surface area contributed by atoms with Crippen molar-refractivity contribution in [2.75, 3.05) is 7.05 Å². The lowest BCUT2D eigenvalue weighted by Gasteiger charge is -2.20. The van der Waals surface area contributed by atoms with Crippen molar-refractivity contribution in [3.63, 3.8) is 0 Å². The van der Waals surface area contributed by atoms with E-state index in [2.05, 4.69) is 5.32 Å². The predicted octanol–water partition coefficient (Wildman–Crippen LogP) is 0.672. The Labute approximate surface area is 79.5 Å². The summed E-state index contributed by atoms with van der Waals surface area (Å²) < 4.78 is 0. The SMILES string of the molecule is CNC(=O)[C@@]1(C)CC[C@@H](N)C1.Cl. The number of amides is 1. The van der Waals surface area contributed by atoms with Gasteiger partial charge in [0, 0.05) is 18.5 Å². The Hall–Kier alpha value is -0.280. The summed E-state index contributed by atoms with van der Waals surface area (Å²) in [7, 11) is 1.68. The van der Waals surface area contributed by atoms with Crippen molar-refractivity contribution in [1.29, 1.82) is 0 Å². The first-order valence-electron chi connectivity index (χ1n) is 4.06. The molecule has 0 radical (unpaired) electrons. The van der Waals surface area contributed by atoms with Crippen LogP contribution in [0.5, 0.6) is 0 Å². The standard InChI is InChI=1S/C8H16N2O.ClH/c1-8(7(11)10-2)4-3-6(9)5-8;/h6H,3-5,9H2,1-2H3,(H,10,11);1H/t6-,8+;/m1./s1. The van der Waals surface area contributed by atoms with Crippen LogP contribution in [0.3, 0.4) is 0 Å². The molecule has 1 amide bonds. The number of nitrogens with one attached hydrogen (secondary N) is 1. The Morgan fingerprint density at radius 2 is 2.25 bits per heavy atom. The second-order valence-corrected chi connectivity index (χ2v) is 3.64. The quantitative estimate of drug-likeness (QED) is 0.642. The molecule has 1 aliphatic carbocycles. The van der Waals surface area contributed by atoms with Crippen LogP contribution in [0, 0.1) is 5.41 Å². The molecule has 12 heavy (non-hydrogen) atoms. The van der Waals surface area contributed by atoms with E-state index >= 15 is 0 Å². The number of carbonyl (C=O) groups is 1. The van der Waals surface area contributed by atoms with Crippen LogP contribution in [0.4, 0.5) is 0 Å². The number of carbonyl (C=O) groups excluding carboxylic acids is 1. The van der Waals surface area contributed by atoms with Crippen molar-refractivity contribution in [1.82, 2.24) is 5.32 Å². The topological polar surface area (TPSA) is 55.1 Å². The molecule has 1 rings (SSSR count). The summed E-state index contributed by atoms with van der Waals surface area (Å²) in [6.45, 7) is 1.98. The first-order valence-corrected chi connectivity index (χ1v) is 4.06. The van der Waals surface area contributed by atoms with E-state index in [1.807, 2.05) is 6.92 Å². The molecule has 1 aliphatic rings. The van der Waals surface area contributed by atoms with Crippen molar-refractivity contribution < 1.29 is 4.79 Å². The van der Waals surface area contributed by atoms with Gasteiger partial charge in [0.1, 0.15) is 0 Å². The molecule has 0 bridgehead atoms. The predicted molar refractivity (Wildman–Crippen MR) is 51.2 cm³/mol. The van der Waals surface area contributed by atoms with E-state index < -0.39 is 0 Å². The van der Waals surface area contributed by atoms with E-state index in [0.29, 0.717) is 0 Å². The Bertz CT molecular complexity index is 174. The maximum atomic E-state index is 11.3. The zero-order valence-corrected chi connectivity index (χ0v) is 8.41. The lowest BCUT2D eigenvalue weighted by Crippen LogP contribution is -2.35. The normalized spacial score (nSPS) is 34.1. The molecule has 0 aliphatic heterocycles. The highest BCUT2D eigenvalue weighted by Crippen LogP contribution is 2.36. The number of halogens is 1. The molecule has 0 spiro atoms. The summed E-state index contributed by atoms with van der Waals surface area (Å²) in [5.41, 5.74) is 5.52. The first kappa shape index (κ1) is 11.7. The third kappa shape index (κ3) is 2.11. The average molecular weight is 193 g/mol. The first-order chi connectivity index (χ1) is 5.08. The highest BCUT2D eigenvalue weighted by Gasteiger charge is 2.39. The minimum Gasteiger partial charge on any atom is -0.359 e. The second-order valence-electron chi connectivity index (χ2n) is 3.64. The molecular weight excluding hydrogens is 176 g/mol. The summed E-state index contributed by atoms with van der Waals surface area (Å²) in [5.74, 6) is 0.130. The van der Waals surface area contributed by atoms with Crippen LogP contribution in [0.15, 0.2) is 0 Å². The van der Waals surface area contributed by atoms with Gasteiger partial charge in [0.05, 0.1) is 0 Å². The van der Waals surface area contributed by atoms with Gasteiger partial charge < -0.3 is 11.1 Å². The molecule has 0 saturated heterocycles. The minimum absolute atomic E-state index is 0. The average Bonchev–Trinajstić information content (AvgIpc) is 2.31.